The lowest BCUT2D eigenvalue weighted by molar-refractivity contribution is 0.0602. The maximum absolute atomic E-state index is 12.4. The number of carbonyl (C=O) groups excluding carboxylic acids is 1. The van der Waals surface area contributed by atoms with Crippen molar-refractivity contribution < 1.29 is 18.8 Å². The Balaban J connectivity index is 1.66. The van der Waals surface area contributed by atoms with Crippen molar-refractivity contribution in [2.24, 2.45) is 0 Å². The van der Waals surface area contributed by atoms with Gasteiger partial charge in [0.15, 0.2) is 22.8 Å². The molecule has 0 radical (unpaired) electrons. The lowest BCUT2D eigenvalue weighted by Gasteiger charge is -2.07. The molecule has 0 aliphatic carbocycles. The van der Waals surface area contributed by atoms with Crippen LogP contribution in [-0.4, -0.2) is 39.9 Å². The van der Waals surface area contributed by atoms with E-state index < -0.39 is 5.97 Å². The number of esters is 1. The van der Waals surface area contributed by atoms with E-state index in [4.69, 9.17) is 14.0 Å². The number of ether oxygens (including phenoxy) is 2. The molecule has 0 spiro atoms. The third-order valence-corrected chi connectivity index (χ3v) is 4.25. The fraction of sp³-hybridized carbons (Fsp3) is 0.158. The average molecular weight is 379 g/mol. The molecular formula is C19H17N5O4. The number of nitrogens with zero attached hydrogens (tertiary/aromatic N) is 4. The van der Waals surface area contributed by atoms with Gasteiger partial charge in [-0.1, -0.05) is 11.2 Å². The van der Waals surface area contributed by atoms with Crippen molar-refractivity contribution >= 4 is 17.4 Å². The van der Waals surface area contributed by atoms with Crippen molar-refractivity contribution in [3.8, 4) is 17.1 Å². The van der Waals surface area contributed by atoms with Gasteiger partial charge in [0.1, 0.15) is 12.1 Å². The fourth-order valence-corrected chi connectivity index (χ4v) is 2.85. The van der Waals surface area contributed by atoms with Crippen molar-refractivity contribution in [1.29, 1.82) is 0 Å². The van der Waals surface area contributed by atoms with Crippen molar-refractivity contribution in [2.45, 2.75) is 6.54 Å². The normalized spacial score (nSPS) is 10.8. The van der Waals surface area contributed by atoms with Crippen molar-refractivity contribution in [3.63, 3.8) is 0 Å². The van der Waals surface area contributed by atoms with Crippen LogP contribution in [-0.2, 0) is 11.3 Å². The monoisotopic (exact) mass is 379 g/mol. The van der Waals surface area contributed by atoms with Gasteiger partial charge >= 0.3 is 5.97 Å². The summed E-state index contributed by atoms with van der Waals surface area (Å²) in [5, 5.41) is 11.3. The number of rotatable bonds is 6. The van der Waals surface area contributed by atoms with Gasteiger partial charge in [-0.3, -0.25) is 0 Å². The van der Waals surface area contributed by atoms with E-state index in [2.05, 4.69) is 20.6 Å². The number of fused-ring (bicyclic) bond motifs is 1. The molecule has 142 valence electrons. The Morgan fingerprint density at radius 3 is 2.75 bits per heavy atom. The third-order valence-electron chi connectivity index (χ3n) is 4.25. The SMILES string of the molecule is COC(=O)c1c(NCc2cccc3ncnn23)noc1-c1ccc(OC)cc1. The van der Waals surface area contributed by atoms with Gasteiger partial charge in [-0.15, -0.1) is 0 Å². The highest BCUT2D eigenvalue weighted by molar-refractivity contribution is 6.00. The number of carbonyl (C=O) groups is 1. The van der Waals surface area contributed by atoms with E-state index >= 15 is 0 Å². The number of benzene rings is 1. The molecule has 3 heterocycles. The second kappa shape index (κ2) is 7.39. The first-order valence-corrected chi connectivity index (χ1v) is 8.45. The highest BCUT2D eigenvalue weighted by Crippen LogP contribution is 2.31. The zero-order valence-corrected chi connectivity index (χ0v) is 15.2. The maximum Gasteiger partial charge on any atom is 0.345 e. The second-order valence-electron chi connectivity index (χ2n) is 5.86. The summed E-state index contributed by atoms with van der Waals surface area (Å²) >= 11 is 0. The number of hydrogen-bond acceptors (Lipinski definition) is 8. The Morgan fingerprint density at radius 2 is 2.00 bits per heavy atom. The van der Waals surface area contributed by atoms with E-state index in [1.54, 1.807) is 35.9 Å². The topological polar surface area (TPSA) is 104 Å². The summed E-state index contributed by atoms with van der Waals surface area (Å²) in [7, 11) is 2.90. The van der Waals surface area contributed by atoms with Gasteiger partial charge < -0.3 is 19.3 Å². The Kier molecular flexibility index (Phi) is 4.63. The highest BCUT2D eigenvalue weighted by atomic mass is 16.5. The molecule has 0 aliphatic heterocycles. The van der Waals surface area contributed by atoms with Gasteiger partial charge in [-0.25, -0.2) is 14.3 Å². The van der Waals surface area contributed by atoms with Crippen molar-refractivity contribution in [2.75, 3.05) is 19.5 Å². The van der Waals surface area contributed by atoms with Crippen LogP contribution in [0.1, 0.15) is 16.1 Å². The third kappa shape index (κ3) is 3.13. The number of pyridine rings is 1. The average Bonchev–Trinajstić information content (AvgIpc) is 3.39. The van der Waals surface area contributed by atoms with Crippen molar-refractivity contribution in [1.82, 2.24) is 19.8 Å². The lowest BCUT2D eigenvalue weighted by atomic mass is 10.1. The molecule has 0 atom stereocenters. The van der Waals surface area contributed by atoms with E-state index in [1.807, 2.05) is 18.2 Å². The minimum absolute atomic E-state index is 0.221. The van der Waals surface area contributed by atoms with Crippen LogP contribution >= 0.6 is 0 Å². The van der Waals surface area contributed by atoms with Gasteiger partial charge in [-0.2, -0.15) is 5.10 Å². The molecule has 1 N–H and O–H groups in total. The standard InChI is InChI=1S/C19H17N5O4/c1-26-14-8-6-12(7-9-14)17-16(19(25)27-2)18(23-28-17)20-10-13-4-3-5-15-21-11-22-24(13)15/h3-9,11H,10H2,1-2H3,(H,20,23). The molecule has 4 rings (SSSR count). The molecule has 28 heavy (non-hydrogen) atoms. The number of aromatic nitrogens is 4. The molecule has 3 aromatic heterocycles. The van der Waals surface area contributed by atoms with E-state index in [0.717, 1.165) is 11.3 Å². The zero-order valence-electron chi connectivity index (χ0n) is 15.2. The number of methoxy groups -OCH3 is 2. The predicted octanol–water partition coefficient (Wildman–Crippen LogP) is 2.79. The summed E-state index contributed by atoms with van der Waals surface area (Å²) in [6.45, 7) is 0.360. The van der Waals surface area contributed by atoms with Crippen LogP contribution in [0.25, 0.3) is 17.0 Å². The van der Waals surface area contributed by atoms with Gasteiger partial charge in [0, 0.05) is 5.56 Å². The minimum Gasteiger partial charge on any atom is -0.497 e. The van der Waals surface area contributed by atoms with Crippen LogP contribution in [0.4, 0.5) is 5.82 Å². The largest absolute Gasteiger partial charge is 0.497 e. The van der Waals surface area contributed by atoms with Crippen LogP contribution < -0.4 is 10.1 Å². The summed E-state index contributed by atoms with van der Waals surface area (Å²) in [6, 6.07) is 12.8. The number of hydrogen-bond donors (Lipinski definition) is 1. The van der Waals surface area contributed by atoms with Crippen LogP contribution in [0.3, 0.4) is 0 Å². The molecule has 0 fully saturated rings. The molecule has 0 unspecified atom stereocenters. The molecule has 9 nitrogen and oxygen atoms in total. The number of anilines is 1. The molecule has 0 saturated carbocycles. The van der Waals surface area contributed by atoms with Crippen molar-refractivity contribution in [3.05, 3.63) is 60.0 Å². The van der Waals surface area contributed by atoms with Gasteiger partial charge in [0.2, 0.25) is 0 Å². The highest BCUT2D eigenvalue weighted by Gasteiger charge is 2.25. The lowest BCUT2D eigenvalue weighted by Crippen LogP contribution is -2.10. The summed E-state index contributed by atoms with van der Waals surface area (Å²) in [6.07, 6.45) is 1.48. The summed E-state index contributed by atoms with van der Waals surface area (Å²) < 4.78 is 17.2. The Labute approximate surface area is 159 Å². The molecule has 1 aromatic carbocycles. The van der Waals surface area contributed by atoms with Crippen LogP contribution in [0, 0.1) is 0 Å². The number of nitrogens with one attached hydrogen (secondary N) is 1. The molecule has 0 amide bonds. The Morgan fingerprint density at radius 1 is 1.18 bits per heavy atom. The van der Waals surface area contributed by atoms with Gasteiger partial charge in [-0.05, 0) is 36.4 Å². The molecule has 0 aliphatic rings. The first kappa shape index (κ1) is 17.5. The maximum atomic E-state index is 12.4. The minimum atomic E-state index is -0.548. The fourth-order valence-electron chi connectivity index (χ4n) is 2.85. The summed E-state index contributed by atoms with van der Waals surface area (Å²) in [5.74, 6) is 0.751. The van der Waals surface area contributed by atoms with Crippen LogP contribution in [0.15, 0.2) is 53.3 Å². The van der Waals surface area contributed by atoms with E-state index in [-0.39, 0.29) is 11.4 Å². The van der Waals surface area contributed by atoms with E-state index in [0.29, 0.717) is 23.6 Å². The molecule has 0 bridgehead atoms. The Hall–Kier alpha value is -3.88. The zero-order chi connectivity index (χ0) is 19.5. The van der Waals surface area contributed by atoms with Crippen LogP contribution in [0.5, 0.6) is 5.75 Å². The van der Waals surface area contributed by atoms with E-state index in [1.165, 1.54) is 13.4 Å². The first-order chi connectivity index (χ1) is 13.7. The molecule has 0 saturated heterocycles. The molecule has 4 aromatic rings. The van der Waals surface area contributed by atoms with Gasteiger partial charge in [0.25, 0.3) is 0 Å². The van der Waals surface area contributed by atoms with Crippen LogP contribution in [0.2, 0.25) is 0 Å². The summed E-state index contributed by atoms with van der Waals surface area (Å²) in [4.78, 5) is 16.5. The smallest absolute Gasteiger partial charge is 0.345 e. The quantitative estimate of drug-likeness (QED) is 0.510. The second-order valence-corrected chi connectivity index (χ2v) is 5.86. The Bertz CT molecular complexity index is 1120. The first-order valence-electron chi connectivity index (χ1n) is 8.45. The van der Waals surface area contributed by atoms with Gasteiger partial charge in [0.05, 0.1) is 26.5 Å². The molecule has 9 heteroatoms. The predicted molar refractivity (Wildman–Crippen MR) is 100 cm³/mol. The summed E-state index contributed by atoms with van der Waals surface area (Å²) in [5.41, 5.74) is 2.48. The van der Waals surface area contributed by atoms with E-state index in [9.17, 15) is 4.79 Å². The molecular weight excluding hydrogens is 362 g/mol.